The van der Waals surface area contributed by atoms with Gasteiger partial charge in [0.1, 0.15) is 5.69 Å². The average Bonchev–Trinajstić information content (AvgIpc) is 2.45. The molecule has 2 rings (SSSR count). The third kappa shape index (κ3) is 3.11. The summed E-state index contributed by atoms with van der Waals surface area (Å²) in [5.41, 5.74) is 0.846. The van der Waals surface area contributed by atoms with Gasteiger partial charge in [-0.2, -0.15) is 0 Å². The van der Waals surface area contributed by atoms with Crippen LogP contribution in [0.15, 0.2) is 42.6 Å². The molecule has 0 spiro atoms. The Morgan fingerprint density at radius 2 is 1.80 bits per heavy atom. The summed E-state index contributed by atoms with van der Waals surface area (Å²) >= 11 is 0. The number of nitrogens with one attached hydrogen (secondary N) is 1. The Hall–Kier alpha value is -2.89. The molecule has 0 atom stereocenters. The molecular formula is C14H12N2O4. The minimum Gasteiger partial charge on any atom is -0.478 e. The van der Waals surface area contributed by atoms with E-state index in [-0.39, 0.29) is 16.9 Å². The van der Waals surface area contributed by atoms with Crippen molar-refractivity contribution in [1.82, 2.24) is 4.98 Å². The summed E-state index contributed by atoms with van der Waals surface area (Å²) < 4.78 is 0. The van der Waals surface area contributed by atoms with Crippen LogP contribution >= 0.6 is 0 Å². The highest BCUT2D eigenvalue weighted by molar-refractivity contribution is 5.97. The number of hydrogen-bond donors (Lipinski definition) is 3. The first kappa shape index (κ1) is 13.5. The molecule has 0 amide bonds. The van der Waals surface area contributed by atoms with Crippen molar-refractivity contribution in [3.63, 3.8) is 0 Å². The lowest BCUT2D eigenvalue weighted by atomic mass is 10.1. The minimum absolute atomic E-state index is 0.117. The van der Waals surface area contributed by atoms with Gasteiger partial charge in [-0.3, -0.25) is 0 Å². The van der Waals surface area contributed by atoms with Gasteiger partial charge in [0, 0.05) is 6.54 Å². The van der Waals surface area contributed by atoms with Crippen molar-refractivity contribution in [2.75, 3.05) is 5.32 Å². The Balaban J connectivity index is 2.23. The molecule has 0 bridgehead atoms. The van der Waals surface area contributed by atoms with Crippen molar-refractivity contribution in [2.24, 2.45) is 0 Å². The maximum Gasteiger partial charge on any atom is 0.354 e. The van der Waals surface area contributed by atoms with E-state index in [1.165, 1.54) is 6.20 Å². The van der Waals surface area contributed by atoms with E-state index in [0.717, 1.165) is 11.6 Å². The number of carboxylic acids is 2. The van der Waals surface area contributed by atoms with E-state index in [0.29, 0.717) is 6.54 Å². The van der Waals surface area contributed by atoms with Crippen molar-refractivity contribution < 1.29 is 19.8 Å². The van der Waals surface area contributed by atoms with Gasteiger partial charge in [0.05, 0.1) is 17.4 Å². The molecule has 1 heterocycles. The SMILES string of the molecule is O=C(O)c1cc(C(=O)O)c(NCc2ccccc2)cn1. The van der Waals surface area contributed by atoms with Gasteiger partial charge in [0.25, 0.3) is 0 Å². The van der Waals surface area contributed by atoms with Gasteiger partial charge in [0.15, 0.2) is 0 Å². The van der Waals surface area contributed by atoms with Crippen LogP contribution in [-0.2, 0) is 6.54 Å². The zero-order valence-electron chi connectivity index (χ0n) is 10.4. The number of aromatic carboxylic acids is 2. The summed E-state index contributed by atoms with van der Waals surface area (Å²) in [7, 11) is 0. The monoisotopic (exact) mass is 272 g/mol. The highest BCUT2D eigenvalue weighted by atomic mass is 16.4. The Labute approximate surface area is 114 Å². The van der Waals surface area contributed by atoms with Gasteiger partial charge >= 0.3 is 11.9 Å². The Morgan fingerprint density at radius 3 is 2.40 bits per heavy atom. The fourth-order valence-electron chi connectivity index (χ4n) is 1.68. The summed E-state index contributed by atoms with van der Waals surface area (Å²) in [5.74, 6) is -2.47. The van der Waals surface area contributed by atoms with Gasteiger partial charge in [-0.25, -0.2) is 14.6 Å². The first-order chi connectivity index (χ1) is 9.58. The average molecular weight is 272 g/mol. The van der Waals surface area contributed by atoms with Crippen LogP contribution in [0.4, 0.5) is 5.69 Å². The van der Waals surface area contributed by atoms with Crippen LogP contribution in [0, 0.1) is 0 Å². The van der Waals surface area contributed by atoms with Gasteiger partial charge < -0.3 is 15.5 Å². The van der Waals surface area contributed by atoms with Crippen molar-refractivity contribution in [2.45, 2.75) is 6.54 Å². The molecule has 0 aliphatic rings. The number of carboxylic acid groups (broad SMARTS) is 2. The number of anilines is 1. The summed E-state index contributed by atoms with van der Waals surface area (Å²) in [4.78, 5) is 25.6. The minimum atomic E-state index is -1.26. The second kappa shape index (κ2) is 5.83. The van der Waals surface area contributed by atoms with Crippen LogP contribution in [0.1, 0.15) is 26.4 Å². The van der Waals surface area contributed by atoms with Crippen LogP contribution in [-0.4, -0.2) is 27.1 Å². The molecule has 0 saturated carbocycles. The summed E-state index contributed by atoms with van der Waals surface area (Å²) in [6, 6.07) is 10.5. The fraction of sp³-hybridized carbons (Fsp3) is 0.0714. The predicted molar refractivity (Wildman–Crippen MR) is 71.9 cm³/mol. The molecule has 0 aliphatic heterocycles. The first-order valence-corrected chi connectivity index (χ1v) is 5.82. The smallest absolute Gasteiger partial charge is 0.354 e. The maximum atomic E-state index is 11.1. The highest BCUT2D eigenvalue weighted by Gasteiger charge is 2.15. The van der Waals surface area contributed by atoms with Crippen molar-refractivity contribution >= 4 is 17.6 Å². The third-order valence-corrected chi connectivity index (χ3v) is 2.68. The molecule has 0 aliphatic carbocycles. The van der Waals surface area contributed by atoms with Crippen molar-refractivity contribution in [3.8, 4) is 0 Å². The molecule has 3 N–H and O–H groups in total. The van der Waals surface area contributed by atoms with Crippen LogP contribution in [0.25, 0.3) is 0 Å². The van der Waals surface area contributed by atoms with Crippen molar-refractivity contribution in [1.29, 1.82) is 0 Å². The van der Waals surface area contributed by atoms with Crippen LogP contribution < -0.4 is 5.32 Å². The molecule has 1 aromatic heterocycles. The van der Waals surface area contributed by atoms with Gasteiger partial charge in [0.2, 0.25) is 0 Å². The molecule has 0 radical (unpaired) electrons. The number of rotatable bonds is 5. The van der Waals surface area contributed by atoms with Crippen LogP contribution in [0.2, 0.25) is 0 Å². The topological polar surface area (TPSA) is 99.5 Å². The summed E-state index contributed by atoms with van der Waals surface area (Å²) in [5, 5.41) is 20.9. The molecule has 0 unspecified atom stereocenters. The largest absolute Gasteiger partial charge is 0.478 e. The molecule has 102 valence electrons. The first-order valence-electron chi connectivity index (χ1n) is 5.82. The Morgan fingerprint density at radius 1 is 1.10 bits per heavy atom. The Kier molecular flexibility index (Phi) is 3.95. The molecule has 0 saturated heterocycles. The van der Waals surface area contributed by atoms with E-state index in [1.807, 2.05) is 30.3 Å². The summed E-state index contributed by atoms with van der Waals surface area (Å²) in [6.07, 6.45) is 1.22. The summed E-state index contributed by atoms with van der Waals surface area (Å²) in [6.45, 7) is 0.426. The zero-order chi connectivity index (χ0) is 14.5. The van der Waals surface area contributed by atoms with E-state index in [4.69, 9.17) is 10.2 Å². The van der Waals surface area contributed by atoms with E-state index >= 15 is 0 Å². The number of aromatic nitrogens is 1. The molecular weight excluding hydrogens is 260 g/mol. The lowest BCUT2D eigenvalue weighted by Crippen LogP contribution is -2.10. The molecule has 20 heavy (non-hydrogen) atoms. The fourth-order valence-corrected chi connectivity index (χ4v) is 1.68. The zero-order valence-corrected chi connectivity index (χ0v) is 10.4. The second-order valence-corrected chi connectivity index (χ2v) is 4.06. The number of benzene rings is 1. The second-order valence-electron chi connectivity index (χ2n) is 4.06. The number of pyridine rings is 1. The van der Waals surface area contributed by atoms with Crippen LogP contribution in [0.5, 0.6) is 0 Å². The number of carbonyl (C=O) groups is 2. The maximum absolute atomic E-state index is 11.1. The van der Waals surface area contributed by atoms with Gasteiger partial charge in [-0.15, -0.1) is 0 Å². The van der Waals surface area contributed by atoms with Gasteiger partial charge in [-0.05, 0) is 11.6 Å². The highest BCUT2D eigenvalue weighted by Crippen LogP contribution is 2.17. The predicted octanol–water partition coefficient (Wildman–Crippen LogP) is 2.09. The molecule has 2 aromatic rings. The third-order valence-electron chi connectivity index (χ3n) is 2.68. The lowest BCUT2D eigenvalue weighted by Gasteiger charge is -2.09. The molecule has 6 nitrogen and oxygen atoms in total. The van der Waals surface area contributed by atoms with E-state index in [1.54, 1.807) is 0 Å². The van der Waals surface area contributed by atoms with Gasteiger partial charge in [-0.1, -0.05) is 30.3 Å². The quantitative estimate of drug-likeness (QED) is 0.770. The molecule has 1 aromatic carbocycles. The number of nitrogens with zero attached hydrogens (tertiary/aromatic N) is 1. The van der Waals surface area contributed by atoms with Crippen molar-refractivity contribution in [3.05, 3.63) is 59.4 Å². The van der Waals surface area contributed by atoms with E-state index in [2.05, 4.69) is 10.3 Å². The molecule has 6 heteroatoms. The van der Waals surface area contributed by atoms with E-state index in [9.17, 15) is 9.59 Å². The number of hydrogen-bond acceptors (Lipinski definition) is 4. The molecule has 0 fully saturated rings. The van der Waals surface area contributed by atoms with E-state index < -0.39 is 11.9 Å². The normalized spacial score (nSPS) is 10.0. The Bertz CT molecular complexity index is 641. The standard InChI is InChI=1S/C14H12N2O4/c17-13(18)10-6-11(14(19)20)16-8-12(10)15-7-9-4-2-1-3-5-9/h1-6,8,15H,7H2,(H,17,18)(H,19,20). The lowest BCUT2D eigenvalue weighted by molar-refractivity contribution is 0.0690. The van der Waals surface area contributed by atoms with Crippen LogP contribution in [0.3, 0.4) is 0 Å².